The molecule has 0 aliphatic carbocycles. The van der Waals surface area contributed by atoms with E-state index in [2.05, 4.69) is 0 Å². The summed E-state index contributed by atoms with van der Waals surface area (Å²) in [5.74, 6) is -3.06. The van der Waals surface area contributed by atoms with E-state index in [4.69, 9.17) is 5.11 Å². The van der Waals surface area contributed by atoms with Gasteiger partial charge in [0.15, 0.2) is 0 Å². The lowest BCUT2D eigenvalue weighted by Gasteiger charge is -2.34. The summed E-state index contributed by atoms with van der Waals surface area (Å²) in [5.41, 5.74) is -1.55. The van der Waals surface area contributed by atoms with Crippen LogP contribution in [0.1, 0.15) is 22.3 Å². The number of aliphatic carboxylic acids is 1. The van der Waals surface area contributed by atoms with Crippen molar-refractivity contribution in [2.45, 2.75) is 18.7 Å². The molecule has 0 radical (unpaired) electrons. The lowest BCUT2D eigenvalue weighted by atomic mass is 9.93. The zero-order valence-corrected chi connectivity index (χ0v) is 11.4. The number of rotatable bonds is 2. The second-order valence-electron chi connectivity index (χ2n) is 5.10. The minimum atomic E-state index is -4.66. The molecule has 2 N–H and O–H groups in total. The van der Waals surface area contributed by atoms with Gasteiger partial charge in [0.1, 0.15) is 0 Å². The maximum atomic E-state index is 12.9. The minimum Gasteiger partial charge on any atom is -0.481 e. The Hall–Kier alpha value is -2.09. The quantitative estimate of drug-likeness (QED) is 0.869. The van der Waals surface area contributed by atoms with Gasteiger partial charge in [0.05, 0.1) is 23.1 Å². The molecule has 8 heteroatoms. The highest BCUT2D eigenvalue weighted by Crippen LogP contribution is 2.33. The largest absolute Gasteiger partial charge is 0.481 e. The molecule has 1 aliphatic heterocycles. The number of halogens is 3. The molecule has 0 spiro atoms. The van der Waals surface area contributed by atoms with E-state index in [0.717, 1.165) is 17.0 Å². The number of benzene rings is 1. The lowest BCUT2D eigenvalue weighted by Crippen LogP contribution is -2.49. The number of amides is 1. The number of nitrogens with zero attached hydrogens (tertiary/aromatic N) is 1. The first kappa shape index (κ1) is 16.3. The Morgan fingerprint density at radius 3 is 2.41 bits per heavy atom. The van der Waals surface area contributed by atoms with Crippen LogP contribution in [0, 0.1) is 5.92 Å². The molecule has 1 amide bonds. The predicted octanol–water partition coefficient (Wildman–Crippen LogP) is 1.61. The first-order valence-corrected chi connectivity index (χ1v) is 6.58. The predicted molar refractivity (Wildman–Crippen MR) is 69.1 cm³/mol. The number of alkyl halides is 3. The monoisotopic (exact) mass is 317 g/mol. The topological polar surface area (TPSA) is 77.8 Å². The highest BCUT2D eigenvalue weighted by molar-refractivity contribution is 5.96. The number of aliphatic hydroxyl groups excluding tert-OH is 1. The number of piperidine rings is 1. The summed E-state index contributed by atoms with van der Waals surface area (Å²) in [6, 6.07) is 4.39. The van der Waals surface area contributed by atoms with E-state index in [1.54, 1.807) is 0 Å². The van der Waals surface area contributed by atoms with Gasteiger partial charge in [0.2, 0.25) is 0 Å². The average Bonchev–Trinajstić information content (AvgIpc) is 2.45. The zero-order valence-electron chi connectivity index (χ0n) is 11.4. The molecule has 1 fully saturated rings. The first-order chi connectivity index (χ1) is 10.2. The third-order valence-corrected chi connectivity index (χ3v) is 3.65. The number of hydrogen-bond donors (Lipinski definition) is 2. The summed E-state index contributed by atoms with van der Waals surface area (Å²) in [6.45, 7) is -0.318. The minimum absolute atomic E-state index is 0.00355. The maximum absolute atomic E-state index is 12.9. The highest BCUT2D eigenvalue weighted by Gasteiger charge is 2.39. The number of carbonyl (C=O) groups excluding carboxylic acids is 1. The van der Waals surface area contributed by atoms with Crippen molar-refractivity contribution in [3.8, 4) is 0 Å². The summed E-state index contributed by atoms with van der Waals surface area (Å²) in [6.07, 6.45) is -5.96. The van der Waals surface area contributed by atoms with Gasteiger partial charge < -0.3 is 15.1 Å². The molecular weight excluding hydrogens is 303 g/mol. The number of hydrogen-bond acceptors (Lipinski definition) is 3. The van der Waals surface area contributed by atoms with Crippen LogP contribution in [0.15, 0.2) is 24.3 Å². The van der Waals surface area contributed by atoms with Crippen LogP contribution < -0.4 is 0 Å². The van der Waals surface area contributed by atoms with E-state index in [0.29, 0.717) is 0 Å². The Morgan fingerprint density at radius 1 is 1.23 bits per heavy atom. The van der Waals surface area contributed by atoms with Gasteiger partial charge in [0.25, 0.3) is 5.91 Å². The van der Waals surface area contributed by atoms with Crippen LogP contribution in [0.25, 0.3) is 0 Å². The molecule has 0 unspecified atom stereocenters. The Kier molecular flexibility index (Phi) is 4.41. The van der Waals surface area contributed by atoms with Crippen molar-refractivity contribution in [2.75, 3.05) is 13.1 Å². The van der Waals surface area contributed by atoms with Gasteiger partial charge in [-0.3, -0.25) is 9.59 Å². The fourth-order valence-corrected chi connectivity index (χ4v) is 2.49. The van der Waals surface area contributed by atoms with Crippen LogP contribution in [0.5, 0.6) is 0 Å². The van der Waals surface area contributed by atoms with E-state index in [-0.39, 0.29) is 19.5 Å². The molecule has 1 aliphatic rings. The van der Waals surface area contributed by atoms with Crippen LogP contribution in [0.3, 0.4) is 0 Å². The number of β-amino-alcohol motifs (C(OH)–C–C–N with tert-alkyl or cyclic N) is 1. The van der Waals surface area contributed by atoms with E-state index < -0.39 is 41.2 Å². The van der Waals surface area contributed by atoms with E-state index in [1.807, 2.05) is 0 Å². The van der Waals surface area contributed by atoms with Crippen molar-refractivity contribution in [1.82, 2.24) is 4.90 Å². The van der Waals surface area contributed by atoms with Crippen molar-refractivity contribution in [2.24, 2.45) is 5.92 Å². The molecule has 2 rings (SSSR count). The van der Waals surface area contributed by atoms with Gasteiger partial charge in [0, 0.05) is 13.1 Å². The van der Waals surface area contributed by atoms with Crippen molar-refractivity contribution in [3.05, 3.63) is 35.4 Å². The van der Waals surface area contributed by atoms with Crippen LogP contribution in [0.2, 0.25) is 0 Å². The molecule has 0 aromatic heterocycles. The van der Waals surface area contributed by atoms with Gasteiger partial charge >= 0.3 is 12.1 Å². The molecule has 1 saturated heterocycles. The highest BCUT2D eigenvalue weighted by atomic mass is 19.4. The standard InChI is InChI=1S/C14H14F3NO4/c15-14(16,17)10-4-2-1-3-8(10)12(20)18-6-5-9(13(21)22)11(19)7-18/h1-4,9,11,19H,5-7H2,(H,21,22)/t9-,11+/m0/s1. The zero-order chi connectivity index (χ0) is 16.5. The molecule has 0 saturated carbocycles. The van der Waals surface area contributed by atoms with Gasteiger partial charge in [-0.15, -0.1) is 0 Å². The number of carboxylic acid groups (broad SMARTS) is 1. The van der Waals surface area contributed by atoms with E-state index in [1.165, 1.54) is 12.1 Å². The lowest BCUT2D eigenvalue weighted by molar-refractivity contribution is -0.148. The molecule has 22 heavy (non-hydrogen) atoms. The number of aliphatic hydroxyl groups is 1. The van der Waals surface area contributed by atoms with Crippen molar-refractivity contribution in [1.29, 1.82) is 0 Å². The van der Waals surface area contributed by atoms with Crippen LogP contribution in [0.4, 0.5) is 13.2 Å². The van der Waals surface area contributed by atoms with Crippen molar-refractivity contribution < 1.29 is 33.0 Å². The van der Waals surface area contributed by atoms with E-state index in [9.17, 15) is 27.9 Å². The molecule has 120 valence electrons. The molecule has 0 bridgehead atoms. The molecular formula is C14H14F3NO4. The smallest absolute Gasteiger partial charge is 0.417 e. The van der Waals surface area contributed by atoms with Crippen LogP contribution in [-0.4, -0.2) is 46.2 Å². The third-order valence-electron chi connectivity index (χ3n) is 3.65. The third kappa shape index (κ3) is 3.22. The Bertz CT molecular complexity index is 588. The van der Waals surface area contributed by atoms with Gasteiger partial charge in [-0.05, 0) is 18.6 Å². The van der Waals surface area contributed by atoms with E-state index >= 15 is 0 Å². The Labute approximate surface area is 124 Å². The number of carbonyl (C=O) groups is 2. The molecule has 1 aromatic carbocycles. The van der Waals surface area contributed by atoms with Gasteiger partial charge in [-0.25, -0.2) is 0 Å². The molecule has 1 aromatic rings. The Morgan fingerprint density at radius 2 is 1.86 bits per heavy atom. The van der Waals surface area contributed by atoms with Crippen molar-refractivity contribution >= 4 is 11.9 Å². The SMILES string of the molecule is O=C(O)[C@H]1CCN(C(=O)c2ccccc2C(F)(F)F)C[C@H]1O. The summed E-state index contributed by atoms with van der Waals surface area (Å²) in [5, 5.41) is 18.6. The van der Waals surface area contributed by atoms with Gasteiger partial charge in [-0.2, -0.15) is 13.2 Å². The second-order valence-corrected chi connectivity index (χ2v) is 5.10. The maximum Gasteiger partial charge on any atom is 0.417 e. The number of likely N-dealkylation sites (tertiary alicyclic amines) is 1. The summed E-state index contributed by atoms with van der Waals surface area (Å²) in [4.78, 5) is 24.2. The second kappa shape index (κ2) is 5.96. The first-order valence-electron chi connectivity index (χ1n) is 6.58. The summed E-state index contributed by atoms with van der Waals surface area (Å²) >= 11 is 0. The molecule has 2 atom stereocenters. The van der Waals surface area contributed by atoms with Crippen LogP contribution in [-0.2, 0) is 11.0 Å². The average molecular weight is 317 g/mol. The number of carboxylic acids is 1. The Balaban J connectivity index is 2.22. The van der Waals surface area contributed by atoms with Gasteiger partial charge in [-0.1, -0.05) is 12.1 Å². The fraction of sp³-hybridized carbons (Fsp3) is 0.429. The normalized spacial score (nSPS) is 22.5. The van der Waals surface area contributed by atoms with Crippen LogP contribution >= 0.6 is 0 Å². The molecule has 5 nitrogen and oxygen atoms in total. The van der Waals surface area contributed by atoms with Crippen molar-refractivity contribution in [3.63, 3.8) is 0 Å². The summed E-state index contributed by atoms with van der Waals surface area (Å²) in [7, 11) is 0. The molecule has 1 heterocycles. The fourth-order valence-electron chi connectivity index (χ4n) is 2.49. The summed E-state index contributed by atoms with van der Waals surface area (Å²) < 4.78 is 38.8.